The van der Waals surface area contributed by atoms with Gasteiger partial charge in [-0.15, -0.1) is 11.3 Å². The van der Waals surface area contributed by atoms with Crippen LogP contribution in [0.15, 0.2) is 18.2 Å². The Morgan fingerprint density at radius 1 is 1.07 bits per heavy atom. The number of hydrogen-bond donors (Lipinski definition) is 0. The molecule has 0 spiro atoms. The van der Waals surface area contributed by atoms with Crippen molar-refractivity contribution in [1.82, 2.24) is 0 Å². The molecule has 0 radical (unpaired) electrons. The molecular formula is C9H4Cl2F2S. The van der Waals surface area contributed by atoms with Gasteiger partial charge in [0.05, 0.1) is 14.9 Å². The maximum Gasteiger partial charge on any atom is 0.272 e. The molecule has 0 aliphatic carbocycles. The normalized spacial score (nSPS) is 11.5. The minimum atomic E-state index is -2.44. The summed E-state index contributed by atoms with van der Waals surface area (Å²) in [6.45, 7) is 0. The molecule has 0 aliphatic rings. The summed E-state index contributed by atoms with van der Waals surface area (Å²) in [5.74, 6) is 0. The zero-order chi connectivity index (χ0) is 10.3. The highest BCUT2D eigenvalue weighted by molar-refractivity contribution is 7.19. The van der Waals surface area contributed by atoms with Gasteiger partial charge in [0.15, 0.2) is 0 Å². The summed E-state index contributed by atoms with van der Waals surface area (Å²) in [5, 5.41) is 1.49. The van der Waals surface area contributed by atoms with Gasteiger partial charge in [0, 0.05) is 4.70 Å². The van der Waals surface area contributed by atoms with E-state index >= 15 is 0 Å². The van der Waals surface area contributed by atoms with Gasteiger partial charge >= 0.3 is 0 Å². The van der Waals surface area contributed by atoms with Crippen LogP contribution in [0.2, 0.25) is 10.0 Å². The highest BCUT2D eigenvalue weighted by Crippen LogP contribution is 2.36. The van der Waals surface area contributed by atoms with Gasteiger partial charge < -0.3 is 0 Å². The fraction of sp³-hybridized carbons (Fsp3) is 0.111. The van der Waals surface area contributed by atoms with Crippen molar-refractivity contribution in [3.63, 3.8) is 0 Å². The number of fused-ring (bicyclic) bond motifs is 1. The Morgan fingerprint density at radius 3 is 2.36 bits per heavy atom. The highest BCUT2D eigenvalue weighted by Gasteiger charge is 2.12. The van der Waals surface area contributed by atoms with Crippen LogP contribution in [0.5, 0.6) is 0 Å². The maximum absolute atomic E-state index is 12.4. The number of hydrogen-bond acceptors (Lipinski definition) is 1. The second-order valence-corrected chi connectivity index (χ2v) is 4.68. The monoisotopic (exact) mass is 252 g/mol. The van der Waals surface area contributed by atoms with Crippen LogP contribution in [0.4, 0.5) is 8.78 Å². The highest BCUT2D eigenvalue weighted by atomic mass is 35.5. The van der Waals surface area contributed by atoms with Crippen molar-refractivity contribution >= 4 is 44.6 Å². The quantitative estimate of drug-likeness (QED) is 0.659. The third kappa shape index (κ3) is 1.72. The summed E-state index contributed by atoms with van der Waals surface area (Å²) in [5.41, 5.74) is 0. The lowest BCUT2D eigenvalue weighted by molar-refractivity contribution is 0.156. The van der Waals surface area contributed by atoms with Gasteiger partial charge in [-0.05, 0) is 23.6 Å². The predicted octanol–water partition coefficient (Wildman–Crippen LogP) is 5.15. The molecule has 0 N–H and O–H groups in total. The van der Waals surface area contributed by atoms with E-state index in [-0.39, 0.29) is 4.88 Å². The van der Waals surface area contributed by atoms with Crippen LogP contribution in [-0.2, 0) is 0 Å². The third-order valence-electron chi connectivity index (χ3n) is 1.79. The number of halogens is 4. The Kier molecular flexibility index (Phi) is 2.64. The van der Waals surface area contributed by atoms with Crippen molar-refractivity contribution in [3.05, 3.63) is 33.1 Å². The Labute approximate surface area is 93.1 Å². The van der Waals surface area contributed by atoms with Gasteiger partial charge in [-0.25, -0.2) is 8.78 Å². The smallest absolute Gasteiger partial charge is 0.204 e. The van der Waals surface area contributed by atoms with Crippen molar-refractivity contribution in [2.24, 2.45) is 0 Å². The van der Waals surface area contributed by atoms with Gasteiger partial charge in [0.1, 0.15) is 0 Å². The molecule has 0 nitrogen and oxygen atoms in total. The number of thiophene rings is 1. The van der Waals surface area contributed by atoms with Gasteiger partial charge in [-0.3, -0.25) is 0 Å². The molecule has 14 heavy (non-hydrogen) atoms. The van der Waals surface area contributed by atoms with Crippen LogP contribution >= 0.6 is 34.5 Å². The van der Waals surface area contributed by atoms with Crippen molar-refractivity contribution in [3.8, 4) is 0 Å². The van der Waals surface area contributed by atoms with Crippen LogP contribution < -0.4 is 0 Å². The molecule has 5 heteroatoms. The van der Waals surface area contributed by atoms with Crippen LogP contribution in [-0.4, -0.2) is 0 Å². The van der Waals surface area contributed by atoms with E-state index in [0.717, 1.165) is 16.0 Å². The molecule has 0 saturated heterocycles. The lowest BCUT2D eigenvalue weighted by atomic mass is 10.2. The summed E-state index contributed by atoms with van der Waals surface area (Å²) in [4.78, 5) is 0.0401. The topological polar surface area (TPSA) is 0 Å². The molecule has 1 heterocycles. The Balaban J connectivity index is 2.66. The molecule has 0 bridgehead atoms. The lowest BCUT2D eigenvalue weighted by Gasteiger charge is -1.93. The van der Waals surface area contributed by atoms with Gasteiger partial charge in [0.2, 0.25) is 0 Å². The first-order valence-electron chi connectivity index (χ1n) is 3.74. The minimum Gasteiger partial charge on any atom is -0.204 e. The SMILES string of the molecule is FC(F)c1cc2cc(Cl)c(Cl)cc2s1. The Morgan fingerprint density at radius 2 is 1.71 bits per heavy atom. The second kappa shape index (κ2) is 3.65. The standard InChI is InChI=1S/C9H4Cl2F2S/c10-5-1-4-2-8(9(12)13)14-7(4)3-6(5)11/h1-3,9H. The third-order valence-corrected chi connectivity index (χ3v) is 3.62. The van der Waals surface area contributed by atoms with Crippen LogP contribution in [0.3, 0.4) is 0 Å². The van der Waals surface area contributed by atoms with E-state index in [4.69, 9.17) is 23.2 Å². The van der Waals surface area contributed by atoms with E-state index in [2.05, 4.69) is 0 Å². The van der Waals surface area contributed by atoms with Crippen molar-refractivity contribution in [2.75, 3.05) is 0 Å². The van der Waals surface area contributed by atoms with Crippen LogP contribution in [0.25, 0.3) is 10.1 Å². The fourth-order valence-electron chi connectivity index (χ4n) is 1.16. The summed E-state index contributed by atoms with van der Waals surface area (Å²) < 4.78 is 25.4. The Bertz CT molecular complexity index is 440. The van der Waals surface area contributed by atoms with Gasteiger partial charge in [-0.2, -0.15) is 0 Å². The van der Waals surface area contributed by atoms with Crippen molar-refractivity contribution in [2.45, 2.75) is 6.43 Å². The molecule has 74 valence electrons. The molecule has 1 aromatic heterocycles. The van der Waals surface area contributed by atoms with Gasteiger partial charge in [0.25, 0.3) is 6.43 Å². The van der Waals surface area contributed by atoms with Crippen LogP contribution in [0, 0.1) is 0 Å². The molecule has 2 rings (SSSR count). The molecule has 2 aromatic rings. The number of benzene rings is 1. The number of rotatable bonds is 1. The van der Waals surface area contributed by atoms with E-state index in [1.54, 1.807) is 12.1 Å². The summed E-state index contributed by atoms with van der Waals surface area (Å²) in [6.07, 6.45) is -2.44. The first-order chi connectivity index (χ1) is 6.58. The molecule has 0 saturated carbocycles. The molecule has 0 atom stereocenters. The predicted molar refractivity (Wildman–Crippen MR) is 56.8 cm³/mol. The summed E-state index contributed by atoms with van der Waals surface area (Å²) in [6, 6.07) is 4.64. The van der Waals surface area contributed by atoms with E-state index in [0.29, 0.717) is 15.4 Å². The molecule has 0 aliphatic heterocycles. The molecule has 0 fully saturated rings. The molecule has 0 amide bonds. The van der Waals surface area contributed by atoms with Gasteiger partial charge in [-0.1, -0.05) is 23.2 Å². The van der Waals surface area contributed by atoms with Crippen LogP contribution in [0.1, 0.15) is 11.3 Å². The average Bonchev–Trinajstić information content (AvgIpc) is 2.48. The zero-order valence-corrected chi connectivity index (χ0v) is 9.06. The second-order valence-electron chi connectivity index (χ2n) is 2.75. The minimum absolute atomic E-state index is 0.0401. The maximum atomic E-state index is 12.4. The first kappa shape index (κ1) is 10.1. The van der Waals surface area contributed by atoms with E-state index < -0.39 is 6.43 Å². The summed E-state index contributed by atoms with van der Waals surface area (Å²) in [7, 11) is 0. The lowest BCUT2D eigenvalue weighted by Crippen LogP contribution is -1.72. The van der Waals surface area contributed by atoms with Crippen molar-refractivity contribution in [1.29, 1.82) is 0 Å². The fourth-order valence-corrected chi connectivity index (χ4v) is 2.50. The number of alkyl halides is 2. The molecular weight excluding hydrogens is 249 g/mol. The Hall–Kier alpha value is -0.380. The van der Waals surface area contributed by atoms with E-state index in [9.17, 15) is 8.78 Å². The first-order valence-corrected chi connectivity index (χ1v) is 5.32. The van der Waals surface area contributed by atoms with E-state index in [1.807, 2.05) is 0 Å². The average molecular weight is 253 g/mol. The zero-order valence-electron chi connectivity index (χ0n) is 6.73. The molecule has 0 unspecified atom stereocenters. The summed E-state index contributed by atoms with van der Waals surface area (Å²) >= 11 is 12.6. The van der Waals surface area contributed by atoms with Crippen molar-refractivity contribution < 1.29 is 8.78 Å². The largest absolute Gasteiger partial charge is 0.272 e. The van der Waals surface area contributed by atoms with E-state index in [1.165, 1.54) is 6.07 Å². The molecule has 1 aromatic carbocycles.